The summed E-state index contributed by atoms with van der Waals surface area (Å²) < 4.78 is 19.5. The van der Waals surface area contributed by atoms with E-state index in [1.165, 1.54) is 12.1 Å². The number of nitrogens with zero attached hydrogens (tertiary/aromatic N) is 2. The molecule has 34 heavy (non-hydrogen) atoms. The third-order valence-corrected chi connectivity index (χ3v) is 7.57. The van der Waals surface area contributed by atoms with Gasteiger partial charge >= 0.3 is 6.09 Å². The Labute approximate surface area is 202 Å². The SMILES string of the molecule is Cc1nc(C)c(-c2ccc([C@H](C)N3CCC(CCC(N)=O)(c4ccc(F)cc4)OC3=O)cc2)s1. The van der Waals surface area contributed by atoms with Crippen LogP contribution >= 0.6 is 11.3 Å². The zero-order valence-electron chi connectivity index (χ0n) is 19.5. The van der Waals surface area contributed by atoms with Gasteiger partial charge in [-0.2, -0.15) is 0 Å². The summed E-state index contributed by atoms with van der Waals surface area (Å²) in [5, 5.41) is 1.03. The lowest BCUT2D eigenvalue weighted by molar-refractivity contribution is -0.121. The van der Waals surface area contributed by atoms with Gasteiger partial charge in [-0.1, -0.05) is 36.4 Å². The largest absolute Gasteiger partial charge is 0.438 e. The lowest BCUT2D eigenvalue weighted by Gasteiger charge is -2.43. The summed E-state index contributed by atoms with van der Waals surface area (Å²) in [6.45, 7) is 6.40. The first-order valence-corrected chi connectivity index (χ1v) is 12.1. The van der Waals surface area contributed by atoms with Gasteiger partial charge < -0.3 is 15.4 Å². The lowest BCUT2D eigenvalue weighted by Crippen LogP contribution is -2.49. The average Bonchev–Trinajstić information content (AvgIpc) is 3.15. The third kappa shape index (κ3) is 4.82. The second-order valence-corrected chi connectivity index (χ2v) is 9.93. The number of hydrogen-bond acceptors (Lipinski definition) is 5. The average molecular weight is 482 g/mol. The molecule has 1 saturated heterocycles. The minimum absolute atomic E-state index is 0.0676. The summed E-state index contributed by atoms with van der Waals surface area (Å²) in [6.07, 6.45) is 0.326. The van der Waals surface area contributed by atoms with Gasteiger partial charge in [-0.05, 0) is 49.6 Å². The third-order valence-electron chi connectivity index (χ3n) is 6.45. The molecular formula is C26H28FN3O3S. The number of aryl methyl sites for hydroxylation is 2. The number of thiazole rings is 1. The highest BCUT2D eigenvalue weighted by Gasteiger charge is 2.43. The van der Waals surface area contributed by atoms with Gasteiger partial charge in [-0.3, -0.25) is 4.79 Å². The van der Waals surface area contributed by atoms with E-state index in [9.17, 15) is 14.0 Å². The molecule has 0 spiro atoms. The van der Waals surface area contributed by atoms with E-state index in [4.69, 9.17) is 10.5 Å². The first-order valence-electron chi connectivity index (χ1n) is 11.3. The molecule has 8 heteroatoms. The second kappa shape index (κ2) is 9.54. The van der Waals surface area contributed by atoms with Crippen LogP contribution in [0.15, 0.2) is 48.5 Å². The summed E-state index contributed by atoms with van der Waals surface area (Å²) in [5.41, 5.74) is 8.12. The number of primary amides is 1. The van der Waals surface area contributed by atoms with Crippen LogP contribution in [0.4, 0.5) is 9.18 Å². The molecule has 6 nitrogen and oxygen atoms in total. The summed E-state index contributed by atoms with van der Waals surface area (Å²) >= 11 is 1.66. The Morgan fingerprint density at radius 3 is 2.44 bits per heavy atom. The Hall–Kier alpha value is -3.26. The number of carbonyl (C=O) groups excluding carboxylic acids is 2. The standard InChI is InChI=1S/C26H28FN3O3S/c1-16-24(34-18(3)29-16)20-6-4-19(5-7-20)17(2)30-15-14-26(33-25(30)32,13-12-23(28)31)21-8-10-22(27)11-9-21/h4-11,17H,12-15H2,1-3H3,(H2,28,31)/t17-,26?/m0/s1. The molecular weight excluding hydrogens is 453 g/mol. The molecule has 2 heterocycles. The molecule has 2 atom stereocenters. The highest BCUT2D eigenvalue weighted by atomic mass is 32.1. The van der Waals surface area contributed by atoms with Gasteiger partial charge in [-0.25, -0.2) is 14.2 Å². The number of cyclic esters (lactones) is 1. The minimum Gasteiger partial charge on any atom is -0.438 e. The quantitative estimate of drug-likeness (QED) is 0.474. The number of rotatable bonds is 7. The van der Waals surface area contributed by atoms with Crippen molar-refractivity contribution in [2.45, 2.75) is 51.7 Å². The van der Waals surface area contributed by atoms with Crippen molar-refractivity contribution in [1.82, 2.24) is 9.88 Å². The predicted molar refractivity (Wildman–Crippen MR) is 130 cm³/mol. The topological polar surface area (TPSA) is 85.5 Å². The van der Waals surface area contributed by atoms with Crippen LogP contribution in [0.2, 0.25) is 0 Å². The predicted octanol–water partition coefficient (Wildman–Crippen LogP) is 5.63. The minimum atomic E-state index is -1.01. The van der Waals surface area contributed by atoms with Gasteiger partial charge in [0.15, 0.2) is 0 Å². The molecule has 0 radical (unpaired) electrons. The first-order chi connectivity index (χ1) is 16.2. The van der Waals surface area contributed by atoms with Crippen molar-refractivity contribution < 1.29 is 18.7 Å². The Morgan fingerprint density at radius 2 is 1.88 bits per heavy atom. The summed E-state index contributed by atoms with van der Waals surface area (Å²) in [4.78, 5) is 31.9. The maximum atomic E-state index is 13.5. The van der Waals surface area contributed by atoms with Crippen LogP contribution in [0, 0.1) is 19.7 Å². The Balaban J connectivity index is 1.53. The molecule has 1 aliphatic rings. The lowest BCUT2D eigenvalue weighted by atomic mass is 9.84. The van der Waals surface area contributed by atoms with Crippen LogP contribution in [-0.4, -0.2) is 28.4 Å². The van der Waals surface area contributed by atoms with Crippen molar-refractivity contribution in [2.24, 2.45) is 5.73 Å². The van der Waals surface area contributed by atoms with E-state index in [2.05, 4.69) is 17.1 Å². The van der Waals surface area contributed by atoms with E-state index >= 15 is 0 Å². The molecule has 0 aliphatic carbocycles. The second-order valence-electron chi connectivity index (χ2n) is 8.72. The van der Waals surface area contributed by atoms with Gasteiger partial charge in [0.2, 0.25) is 5.91 Å². The van der Waals surface area contributed by atoms with Crippen molar-refractivity contribution in [1.29, 1.82) is 0 Å². The number of nitrogens with two attached hydrogens (primary N) is 1. The van der Waals surface area contributed by atoms with E-state index in [0.717, 1.165) is 26.7 Å². The van der Waals surface area contributed by atoms with Gasteiger partial charge in [0.1, 0.15) is 11.4 Å². The molecule has 2 N–H and O–H groups in total. The van der Waals surface area contributed by atoms with Crippen molar-refractivity contribution in [3.05, 3.63) is 76.2 Å². The number of carbonyl (C=O) groups is 2. The molecule has 4 rings (SSSR count). The number of benzene rings is 2. The summed E-state index contributed by atoms with van der Waals surface area (Å²) in [7, 11) is 0. The molecule has 0 saturated carbocycles. The van der Waals surface area contributed by atoms with Crippen LogP contribution in [0.3, 0.4) is 0 Å². The van der Waals surface area contributed by atoms with Crippen LogP contribution in [-0.2, 0) is 15.1 Å². The highest BCUT2D eigenvalue weighted by molar-refractivity contribution is 7.15. The molecule has 2 aromatic carbocycles. The fourth-order valence-electron chi connectivity index (χ4n) is 4.52. The molecule has 1 unspecified atom stereocenters. The van der Waals surface area contributed by atoms with E-state index in [1.807, 2.05) is 32.9 Å². The summed E-state index contributed by atoms with van der Waals surface area (Å²) in [6, 6.07) is 13.8. The van der Waals surface area contributed by atoms with E-state index < -0.39 is 17.6 Å². The Kier molecular flexibility index (Phi) is 6.70. The van der Waals surface area contributed by atoms with Gasteiger partial charge in [-0.15, -0.1) is 11.3 Å². The maximum Gasteiger partial charge on any atom is 0.411 e. The van der Waals surface area contributed by atoms with Crippen molar-refractivity contribution >= 4 is 23.3 Å². The number of hydrogen-bond donors (Lipinski definition) is 1. The zero-order valence-corrected chi connectivity index (χ0v) is 20.3. The molecule has 2 amide bonds. The smallest absolute Gasteiger partial charge is 0.411 e. The molecule has 1 aromatic heterocycles. The summed E-state index contributed by atoms with van der Waals surface area (Å²) in [5.74, 6) is -0.849. The van der Waals surface area contributed by atoms with Gasteiger partial charge in [0.05, 0.1) is 21.6 Å². The Bertz CT molecular complexity index is 1190. The molecule has 1 aliphatic heterocycles. The van der Waals surface area contributed by atoms with Gasteiger partial charge in [0, 0.05) is 25.8 Å². The molecule has 178 valence electrons. The fraction of sp³-hybridized carbons (Fsp3) is 0.346. The normalized spacial score (nSPS) is 19.1. The molecule has 1 fully saturated rings. The van der Waals surface area contributed by atoms with E-state index in [1.54, 1.807) is 28.4 Å². The number of halogens is 1. The van der Waals surface area contributed by atoms with E-state index in [-0.39, 0.29) is 24.7 Å². The first kappa shape index (κ1) is 23.9. The van der Waals surface area contributed by atoms with Crippen LogP contribution < -0.4 is 5.73 Å². The molecule has 3 aromatic rings. The monoisotopic (exact) mass is 481 g/mol. The number of amides is 2. The number of aromatic nitrogens is 1. The van der Waals surface area contributed by atoms with Gasteiger partial charge in [0.25, 0.3) is 0 Å². The number of ether oxygens (including phenoxy) is 1. The Morgan fingerprint density at radius 1 is 1.21 bits per heavy atom. The highest BCUT2D eigenvalue weighted by Crippen LogP contribution is 2.40. The van der Waals surface area contributed by atoms with Crippen molar-refractivity contribution in [2.75, 3.05) is 6.54 Å². The fourth-order valence-corrected chi connectivity index (χ4v) is 5.44. The molecule has 0 bridgehead atoms. The van der Waals surface area contributed by atoms with Crippen LogP contribution in [0.5, 0.6) is 0 Å². The van der Waals surface area contributed by atoms with E-state index in [0.29, 0.717) is 18.5 Å². The van der Waals surface area contributed by atoms with Crippen LogP contribution in [0.1, 0.15) is 54.1 Å². The van der Waals surface area contributed by atoms with Crippen LogP contribution in [0.25, 0.3) is 10.4 Å². The zero-order chi connectivity index (χ0) is 24.5. The van der Waals surface area contributed by atoms with Crippen molar-refractivity contribution in [3.63, 3.8) is 0 Å². The van der Waals surface area contributed by atoms with Crippen molar-refractivity contribution in [3.8, 4) is 10.4 Å². The maximum absolute atomic E-state index is 13.5.